The van der Waals surface area contributed by atoms with Crippen molar-refractivity contribution in [1.29, 1.82) is 0 Å². The molecule has 130 valence electrons. The van der Waals surface area contributed by atoms with Gasteiger partial charge in [0.25, 0.3) is 0 Å². The number of hydrogen-bond acceptors (Lipinski definition) is 4. The van der Waals surface area contributed by atoms with Crippen LogP contribution in [0.3, 0.4) is 0 Å². The monoisotopic (exact) mass is 345 g/mol. The van der Waals surface area contributed by atoms with E-state index in [0.717, 1.165) is 47.4 Å². The number of rotatable bonds is 11. The number of halogens is 2. The molecule has 1 aliphatic carbocycles. The van der Waals surface area contributed by atoms with Gasteiger partial charge in [-0.1, -0.05) is 0 Å². The minimum Gasteiger partial charge on any atom is -0.496 e. The first-order chi connectivity index (χ1) is 11.1. The third-order valence-electron chi connectivity index (χ3n) is 3.86. The van der Waals surface area contributed by atoms with Crippen molar-refractivity contribution < 1.29 is 18.3 Å². The molecular weight excluding hydrogens is 320 g/mol. The van der Waals surface area contributed by atoms with Crippen LogP contribution >= 0.6 is 11.8 Å². The highest BCUT2D eigenvalue weighted by Crippen LogP contribution is 2.36. The summed E-state index contributed by atoms with van der Waals surface area (Å²) in [6.07, 6.45) is 1.15. The van der Waals surface area contributed by atoms with Crippen molar-refractivity contribution in [3.63, 3.8) is 0 Å². The number of benzene rings is 1. The van der Waals surface area contributed by atoms with Crippen molar-refractivity contribution in [2.45, 2.75) is 37.0 Å². The average Bonchev–Trinajstić information content (AvgIpc) is 3.35. The van der Waals surface area contributed by atoms with Gasteiger partial charge in [0.15, 0.2) is 0 Å². The lowest BCUT2D eigenvalue weighted by Crippen LogP contribution is -2.20. The second-order valence-electron chi connectivity index (χ2n) is 5.74. The molecule has 6 heteroatoms. The van der Waals surface area contributed by atoms with Gasteiger partial charge < -0.3 is 14.8 Å². The molecule has 0 amide bonds. The Hall–Kier alpha value is -1.01. The van der Waals surface area contributed by atoms with Crippen LogP contribution in [0.4, 0.5) is 8.78 Å². The number of ether oxygens (including phenoxy) is 2. The molecular formula is C17H25F2NO2S. The molecule has 0 heterocycles. The lowest BCUT2D eigenvalue weighted by Gasteiger charge is -2.15. The summed E-state index contributed by atoms with van der Waals surface area (Å²) in [4.78, 5) is 0.847. The second-order valence-corrected chi connectivity index (χ2v) is 6.88. The summed E-state index contributed by atoms with van der Waals surface area (Å²) in [5, 5.41) is 3.46. The standard InChI is InChI=1S/C17H25F2NO2S/c1-21-14-10-16(23-8-6-17(18)19)15(22-2)9-13(14)5-7-20-11-12-3-4-12/h9-10,12,17,20H,3-8,11H2,1-2H3. The minimum absolute atomic E-state index is 0.122. The van der Waals surface area contributed by atoms with E-state index >= 15 is 0 Å². The molecule has 1 aromatic rings. The quantitative estimate of drug-likeness (QED) is 0.485. The number of hydrogen-bond donors (Lipinski definition) is 1. The summed E-state index contributed by atoms with van der Waals surface area (Å²) in [5.74, 6) is 2.74. The second kappa shape index (κ2) is 9.33. The van der Waals surface area contributed by atoms with E-state index in [1.807, 2.05) is 12.1 Å². The average molecular weight is 345 g/mol. The summed E-state index contributed by atoms with van der Waals surface area (Å²) in [6.45, 7) is 1.98. The van der Waals surface area contributed by atoms with Crippen LogP contribution in [-0.4, -0.2) is 39.5 Å². The first-order valence-corrected chi connectivity index (χ1v) is 8.99. The maximum Gasteiger partial charge on any atom is 0.239 e. The maximum absolute atomic E-state index is 12.3. The highest BCUT2D eigenvalue weighted by molar-refractivity contribution is 7.99. The summed E-state index contributed by atoms with van der Waals surface area (Å²) in [7, 11) is 3.24. The molecule has 0 spiro atoms. The van der Waals surface area contributed by atoms with Crippen molar-refractivity contribution in [2.75, 3.05) is 33.1 Å². The third kappa shape index (κ3) is 6.18. The molecule has 1 aromatic carbocycles. The van der Waals surface area contributed by atoms with E-state index in [1.54, 1.807) is 14.2 Å². The Kier molecular flexibility index (Phi) is 7.43. The number of alkyl halides is 2. The van der Waals surface area contributed by atoms with Crippen molar-refractivity contribution in [2.24, 2.45) is 5.92 Å². The van der Waals surface area contributed by atoms with Gasteiger partial charge in [0, 0.05) is 12.2 Å². The minimum atomic E-state index is -2.27. The molecule has 23 heavy (non-hydrogen) atoms. The van der Waals surface area contributed by atoms with Gasteiger partial charge in [0.1, 0.15) is 11.5 Å². The number of nitrogens with one attached hydrogen (secondary N) is 1. The Bertz CT molecular complexity index is 496. The zero-order chi connectivity index (χ0) is 16.7. The van der Waals surface area contributed by atoms with Gasteiger partial charge in [-0.2, -0.15) is 0 Å². The highest BCUT2D eigenvalue weighted by atomic mass is 32.2. The number of methoxy groups -OCH3 is 2. The van der Waals surface area contributed by atoms with Crippen LogP contribution in [0.1, 0.15) is 24.8 Å². The normalized spacial score (nSPS) is 14.3. The Morgan fingerprint density at radius 3 is 2.57 bits per heavy atom. The first-order valence-electron chi connectivity index (χ1n) is 8.00. The van der Waals surface area contributed by atoms with E-state index in [2.05, 4.69) is 5.32 Å². The fourth-order valence-electron chi connectivity index (χ4n) is 2.35. The van der Waals surface area contributed by atoms with Crippen molar-refractivity contribution in [3.05, 3.63) is 17.7 Å². The van der Waals surface area contributed by atoms with Gasteiger partial charge in [0.2, 0.25) is 6.43 Å². The Morgan fingerprint density at radius 1 is 1.22 bits per heavy atom. The van der Waals surface area contributed by atoms with Crippen molar-refractivity contribution in [3.8, 4) is 11.5 Å². The maximum atomic E-state index is 12.3. The molecule has 0 aliphatic heterocycles. The van der Waals surface area contributed by atoms with E-state index in [0.29, 0.717) is 5.75 Å². The fourth-order valence-corrected chi connectivity index (χ4v) is 3.34. The zero-order valence-corrected chi connectivity index (χ0v) is 14.6. The molecule has 3 nitrogen and oxygen atoms in total. The largest absolute Gasteiger partial charge is 0.496 e. The molecule has 1 aliphatic rings. The topological polar surface area (TPSA) is 30.5 Å². The molecule has 0 saturated heterocycles. The van der Waals surface area contributed by atoms with Crippen LogP contribution in [0.2, 0.25) is 0 Å². The SMILES string of the molecule is COc1cc(SCCC(F)F)c(OC)cc1CCNCC1CC1. The Labute approximate surface area is 141 Å². The van der Waals surface area contributed by atoms with Crippen molar-refractivity contribution in [1.82, 2.24) is 5.32 Å². The van der Waals surface area contributed by atoms with E-state index in [9.17, 15) is 8.78 Å². The molecule has 1 fully saturated rings. The fraction of sp³-hybridized carbons (Fsp3) is 0.647. The molecule has 1 saturated carbocycles. The molecule has 0 radical (unpaired) electrons. The van der Waals surface area contributed by atoms with E-state index in [-0.39, 0.29) is 6.42 Å². The lowest BCUT2D eigenvalue weighted by atomic mass is 10.1. The van der Waals surface area contributed by atoms with Gasteiger partial charge in [0.05, 0.1) is 19.1 Å². The first kappa shape index (κ1) is 18.3. The predicted octanol–water partition coefficient (Wildman–Crippen LogP) is 3.99. The lowest BCUT2D eigenvalue weighted by molar-refractivity contribution is 0.145. The van der Waals surface area contributed by atoms with Crippen LogP contribution in [0, 0.1) is 5.92 Å². The van der Waals surface area contributed by atoms with Gasteiger partial charge in [-0.3, -0.25) is 0 Å². The smallest absolute Gasteiger partial charge is 0.239 e. The van der Waals surface area contributed by atoms with Crippen LogP contribution in [-0.2, 0) is 6.42 Å². The third-order valence-corrected chi connectivity index (χ3v) is 4.93. The molecule has 0 aromatic heterocycles. The number of thioether (sulfide) groups is 1. The predicted molar refractivity (Wildman–Crippen MR) is 90.2 cm³/mol. The van der Waals surface area contributed by atoms with Gasteiger partial charge >= 0.3 is 0 Å². The summed E-state index contributed by atoms with van der Waals surface area (Å²) in [5.41, 5.74) is 1.07. The van der Waals surface area contributed by atoms with E-state index in [4.69, 9.17) is 9.47 Å². The molecule has 0 unspecified atom stereocenters. The summed E-state index contributed by atoms with van der Waals surface area (Å²) >= 11 is 1.38. The van der Waals surface area contributed by atoms with Gasteiger partial charge in [-0.25, -0.2) is 8.78 Å². The molecule has 1 N–H and O–H groups in total. The highest BCUT2D eigenvalue weighted by Gasteiger charge is 2.20. The summed E-state index contributed by atoms with van der Waals surface area (Å²) < 4.78 is 35.4. The van der Waals surface area contributed by atoms with Crippen LogP contribution < -0.4 is 14.8 Å². The molecule has 0 bridgehead atoms. The molecule has 0 atom stereocenters. The van der Waals surface area contributed by atoms with Crippen LogP contribution in [0.25, 0.3) is 0 Å². The van der Waals surface area contributed by atoms with E-state index in [1.165, 1.54) is 24.6 Å². The van der Waals surface area contributed by atoms with Crippen LogP contribution in [0.15, 0.2) is 17.0 Å². The van der Waals surface area contributed by atoms with Gasteiger partial charge in [-0.05, 0) is 56.0 Å². The Balaban J connectivity index is 1.96. The van der Waals surface area contributed by atoms with Crippen molar-refractivity contribution >= 4 is 11.8 Å². The van der Waals surface area contributed by atoms with Gasteiger partial charge in [-0.15, -0.1) is 11.8 Å². The van der Waals surface area contributed by atoms with E-state index < -0.39 is 6.43 Å². The molecule has 2 rings (SSSR count). The van der Waals surface area contributed by atoms with Crippen LogP contribution in [0.5, 0.6) is 11.5 Å². The zero-order valence-electron chi connectivity index (χ0n) is 13.7. The summed E-state index contributed by atoms with van der Waals surface area (Å²) in [6, 6.07) is 3.85. The Morgan fingerprint density at radius 2 is 1.96 bits per heavy atom.